The van der Waals surface area contributed by atoms with E-state index in [1.807, 2.05) is 37.3 Å². The summed E-state index contributed by atoms with van der Waals surface area (Å²) in [6.45, 7) is 2.33. The summed E-state index contributed by atoms with van der Waals surface area (Å²) in [7, 11) is 0. The van der Waals surface area contributed by atoms with Gasteiger partial charge in [0.05, 0.1) is 10.2 Å². The van der Waals surface area contributed by atoms with E-state index in [1.165, 1.54) is 5.56 Å². The van der Waals surface area contributed by atoms with Crippen molar-refractivity contribution in [1.82, 2.24) is 4.98 Å². The van der Waals surface area contributed by atoms with Gasteiger partial charge in [0.2, 0.25) is 11.9 Å². The molecule has 1 aliphatic rings. The first kappa shape index (κ1) is 15.0. The summed E-state index contributed by atoms with van der Waals surface area (Å²) in [5.74, 6) is 1.65. The highest BCUT2D eigenvalue weighted by molar-refractivity contribution is 7.22. The molecule has 0 amide bonds. The van der Waals surface area contributed by atoms with Gasteiger partial charge in [-0.3, -0.25) is 5.43 Å². The Hall–Kier alpha value is -2.60. The van der Waals surface area contributed by atoms with Gasteiger partial charge in [-0.1, -0.05) is 29.5 Å². The lowest BCUT2D eigenvalue weighted by Gasteiger charge is -2.03. The van der Waals surface area contributed by atoms with Crippen LogP contribution < -0.4 is 14.9 Å². The standard InChI is InChI=1S/C18H17N3O2S/c1-12(6-7-13-8-9-15-16(10-13)23-11-22-15)20-21-18-19-14-4-2-3-5-17(14)24-18/h2-5,8-10H,6-7,11H2,1H3,(H,19,21)/b20-12+. The van der Waals surface area contributed by atoms with Crippen molar-refractivity contribution in [2.75, 3.05) is 12.2 Å². The molecule has 0 saturated carbocycles. The Bertz CT molecular complexity index is 871. The molecule has 4 rings (SSSR count). The van der Waals surface area contributed by atoms with Crippen molar-refractivity contribution in [1.29, 1.82) is 0 Å². The number of nitrogens with zero attached hydrogens (tertiary/aromatic N) is 2. The molecule has 3 aromatic rings. The molecule has 2 heterocycles. The van der Waals surface area contributed by atoms with Crippen LogP contribution in [0.1, 0.15) is 18.9 Å². The molecular weight excluding hydrogens is 322 g/mol. The van der Waals surface area contributed by atoms with E-state index in [0.29, 0.717) is 6.79 Å². The molecular formula is C18H17N3O2S. The molecule has 1 aromatic heterocycles. The number of hydrogen-bond donors (Lipinski definition) is 1. The average molecular weight is 339 g/mol. The van der Waals surface area contributed by atoms with Crippen molar-refractivity contribution in [3.8, 4) is 11.5 Å². The smallest absolute Gasteiger partial charge is 0.231 e. The summed E-state index contributed by atoms with van der Waals surface area (Å²) in [5, 5.41) is 5.25. The van der Waals surface area contributed by atoms with Crippen LogP contribution in [-0.4, -0.2) is 17.5 Å². The number of hydrogen-bond acceptors (Lipinski definition) is 6. The first-order valence-electron chi connectivity index (χ1n) is 7.81. The van der Waals surface area contributed by atoms with Gasteiger partial charge >= 0.3 is 0 Å². The summed E-state index contributed by atoms with van der Waals surface area (Å²) in [4.78, 5) is 4.51. The van der Waals surface area contributed by atoms with Gasteiger partial charge in [0, 0.05) is 5.71 Å². The Morgan fingerprint density at radius 1 is 1.21 bits per heavy atom. The van der Waals surface area contributed by atoms with Gasteiger partial charge in [-0.25, -0.2) is 4.98 Å². The van der Waals surface area contributed by atoms with Crippen molar-refractivity contribution in [2.45, 2.75) is 19.8 Å². The Kier molecular flexibility index (Phi) is 4.04. The molecule has 122 valence electrons. The lowest BCUT2D eigenvalue weighted by Crippen LogP contribution is -1.99. The molecule has 1 N–H and O–H groups in total. The maximum atomic E-state index is 5.41. The zero-order chi connectivity index (χ0) is 16.4. The molecule has 1 aliphatic heterocycles. The lowest BCUT2D eigenvalue weighted by molar-refractivity contribution is 0.174. The van der Waals surface area contributed by atoms with E-state index in [1.54, 1.807) is 11.3 Å². The quantitative estimate of drug-likeness (QED) is 0.551. The minimum absolute atomic E-state index is 0.311. The average Bonchev–Trinajstić information content (AvgIpc) is 3.23. The minimum atomic E-state index is 0.311. The Morgan fingerprint density at radius 2 is 2.08 bits per heavy atom. The molecule has 0 aliphatic carbocycles. The molecule has 6 heteroatoms. The molecule has 0 unspecified atom stereocenters. The third-order valence-corrected chi connectivity index (χ3v) is 4.79. The minimum Gasteiger partial charge on any atom is -0.454 e. The number of benzene rings is 2. The van der Waals surface area contributed by atoms with Gasteiger partial charge in [0.25, 0.3) is 0 Å². The zero-order valence-electron chi connectivity index (χ0n) is 13.3. The van der Waals surface area contributed by atoms with Crippen LogP contribution in [0.2, 0.25) is 0 Å². The topological polar surface area (TPSA) is 55.7 Å². The maximum Gasteiger partial charge on any atom is 0.231 e. The number of thiazole rings is 1. The highest BCUT2D eigenvalue weighted by atomic mass is 32.1. The number of para-hydroxylation sites is 1. The van der Waals surface area contributed by atoms with Gasteiger partial charge in [-0.05, 0) is 49.6 Å². The van der Waals surface area contributed by atoms with Crippen molar-refractivity contribution < 1.29 is 9.47 Å². The van der Waals surface area contributed by atoms with E-state index in [0.717, 1.165) is 45.4 Å². The van der Waals surface area contributed by atoms with Crippen LogP contribution >= 0.6 is 11.3 Å². The van der Waals surface area contributed by atoms with Crippen molar-refractivity contribution in [3.63, 3.8) is 0 Å². The first-order chi connectivity index (χ1) is 11.8. The van der Waals surface area contributed by atoms with E-state index in [-0.39, 0.29) is 0 Å². The number of nitrogens with one attached hydrogen (secondary N) is 1. The Labute approximate surface area is 143 Å². The van der Waals surface area contributed by atoms with Crippen LogP contribution in [0.15, 0.2) is 47.6 Å². The largest absolute Gasteiger partial charge is 0.454 e. The van der Waals surface area contributed by atoms with Gasteiger partial charge in [-0.15, -0.1) is 0 Å². The van der Waals surface area contributed by atoms with E-state index in [2.05, 4.69) is 27.6 Å². The fraction of sp³-hybridized carbons (Fsp3) is 0.222. The second kappa shape index (κ2) is 6.49. The number of hydrazone groups is 1. The van der Waals surface area contributed by atoms with Gasteiger partial charge < -0.3 is 9.47 Å². The predicted octanol–water partition coefficient (Wildman–Crippen LogP) is 4.45. The second-order valence-electron chi connectivity index (χ2n) is 5.63. The number of anilines is 1. The van der Waals surface area contributed by atoms with Gasteiger partial charge in [-0.2, -0.15) is 5.10 Å². The normalized spacial score (nSPS) is 13.5. The number of aromatic nitrogens is 1. The fourth-order valence-electron chi connectivity index (χ4n) is 2.54. The molecule has 2 aromatic carbocycles. The van der Waals surface area contributed by atoms with Crippen LogP contribution in [0.3, 0.4) is 0 Å². The molecule has 0 fully saturated rings. The highest BCUT2D eigenvalue weighted by Crippen LogP contribution is 2.32. The molecule has 0 bridgehead atoms. The monoisotopic (exact) mass is 339 g/mol. The fourth-order valence-corrected chi connectivity index (χ4v) is 3.35. The molecule has 0 atom stereocenters. The zero-order valence-corrected chi connectivity index (χ0v) is 14.1. The Balaban J connectivity index is 1.37. The van der Waals surface area contributed by atoms with Crippen LogP contribution in [0.5, 0.6) is 11.5 Å². The van der Waals surface area contributed by atoms with Gasteiger partial charge in [0.15, 0.2) is 11.5 Å². The molecule has 0 radical (unpaired) electrons. The summed E-state index contributed by atoms with van der Waals surface area (Å²) >= 11 is 1.61. The number of ether oxygens (including phenoxy) is 2. The predicted molar refractivity (Wildman–Crippen MR) is 97.2 cm³/mol. The number of rotatable bonds is 5. The molecule has 0 spiro atoms. The highest BCUT2D eigenvalue weighted by Gasteiger charge is 2.13. The van der Waals surface area contributed by atoms with Crippen molar-refractivity contribution in [3.05, 3.63) is 48.0 Å². The molecule has 24 heavy (non-hydrogen) atoms. The van der Waals surface area contributed by atoms with E-state index < -0.39 is 0 Å². The number of fused-ring (bicyclic) bond motifs is 2. The summed E-state index contributed by atoms with van der Waals surface area (Å²) in [6, 6.07) is 14.2. The van der Waals surface area contributed by atoms with E-state index in [4.69, 9.17) is 9.47 Å². The van der Waals surface area contributed by atoms with Crippen LogP contribution in [0.4, 0.5) is 5.13 Å². The van der Waals surface area contributed by atoms with Crippen LogP contribution in [-0.2, 0) is 6.42 Å². The summed E-state index contributed by atoms with van der Waals surface area (Å²) < 4.78 is 11.9. The number of aryl methyl sites for hydroxylation is 1. The lowest BCUT2D eigenvalue weighted by atomic mass is 10.1. The van der Waals surface area contributed by atoms with Gasteiger partial charge in [0.1, 0.15) is 0 Å². The first-order valence-corrected chi connectivity index (χ1v) is 8.63. The maximum absolute atomic E-state index is 5.41. The van der Waals surface area contributed by atoms with Crippen molar-refractivity contribution >= 4 is 32.4 Å². The summed E-state index contributed by atoms with van der Waals surface area (Å²) in [5.41, 5.74) is 6.31. The van der Waals surface area contributed by atoms with E-state index >= 15 is 0 Å². The summed E-state index contributed by atoms with van der Waals surface area (Å²) in [6.07, 6.45) is 1.78. The molecule has 5 nitrogen and oxygen atoms in total. The van der Waals surface area contributed by atoms with E-state index in [9.17, 15) is 0 Å². The second-order valence-corrected chi connectivity index (χ2v) is 6.66. The third-order valence-electron chi connectivity index (χ3n) is 3.85. The van der Waals surface area contributed by atoms with Crippen LogP contribution in [0.25, 0.3) is 10.2 Å². The molecule has 0 saturated heterocycles. The Morgan fingerprint density at radius 3 is 3.00 bits per heavy atom. The third kappa shape index (κ3) is 3.19. The van der Waals surface area contributed by atoms with Crippen LogP contribution in [0, 0.1) is 0 Å². The van der Waals surface area contributed by atoms with Crippen molar-refractivity contribution in [2.24, 2.45) is 5.10 Å². The SMILES string of the molecule is C/C(CCc1ccc2c(c1)OCO2)=N\Nc1nc2ccccc2s1.